The summed E-state index contributed by atoms with van der Waals surface area (Å²) in [4.78, 5) is 0. The van der Waals surface area contributed by atoms with E-state index in [1.165, 1.54) is 38.5 Å². The zero-order chi connectivity index (χ0) is 18.0. The lowest BCUT2D eigenvalue weighted by Gasteiger charge is -2.55. The number of fused-ring (bicyclic) bond motifs is 5. The molecule has 4 aliphatic rings. The lowest BCUT2D eigenvalue weighted by molar-refractivity contribution is -0.0696. The van der Waals surface area contributed by atoms with Gasteiger partial charge in [0.2, 0.25) is 0 Å². The largest absolute Gasteiger partial charge is 0.393 e. The fraction of sp³-hybridized carbons (Fsp3) is 0.913. The summed E-state index contributed by atoms with van der Waals surface area (Å²) < 4.78 is 0. The molecular weight excluding hydrogens is 308 g/mol. The van der Waals surface area contributed by atoms with Crippen molar-refractivity contribution in [2.24, 2.45) is 40.9 Å². The van der Waals surface area contributed by atoms with Gasteiger partial charge in [-0.05, 0) is 106 Å². The molecule has 3 saturated carbocycles. The SMILES string of the molecule is CC(C1CCC2C3CC=C4CC(O)CCC4C3CCC21C)C(C)(C)O. The van der Waals surface area contributed by atoms with Gasteiger partial charge in [0.15, 0.2) is 0 Å². The fourth-order valence-corrected chi connectivity index (χ4v) is 7.60. The monoisotopic (exact) mass is 346 g/mol. The van der Waals surface area contributed by atoms with Gasteiger partial charge in [0.05, 0.1) is 11.7 Å². The third-order valence-electron chi connectivity index (χ3n) is 9.21. The molecule has 8 atom stereocenters. The van der Waals surface area contributed by atoms with E-state index in [2.05, 4.69) is 19.9 Å². The third kappa shape index (κ3) is 2.83. The van der Waals surface area contributed by atoms with Crippen LogP contribution in [0.15, 0.2) is 11.6 Å². The predicted molar refractivity (Wildman–Crippen MR) is 102 cm³/mol. The van der Waals surface area contributed by atoms with Crippen molar-refractivity contribution in [3.63, 3.8) is 0 Å². The van der Waals surface area contributed by atoms with Gasteiger partial charge in [0.1, 0.15) is 0 Å². The Hall–Kier alpha value is -0.340. The highest BCUT2D eigenvalue weighted by atomic mass is 16.3. The van der Waals surface area contributed by atoms with Crippen molar-refractivity contribution in [1.29, 1.82) is 0 Å². The van der Waals surface area contributed by atoms with Gasteiger partial charge in [-0.15, -0.1) is 0 Å². The smallest absolute Gasteiger partial charge is 0.0620 e. The van der Waals surface area contributed by atoms with Crippen LogP contribution in [-0.4, -0.2) is 21.9 Å². The van der Waals surface area contributed by atoms with Crippen LogP contribution in [0.2, 0.25) is 0 Å². The van der Waals surface area contributed by atoms with E-state index < -0.39 is 5.60 Å². The molecule has 0 aromatic carbocycles. The zero-order valence-electron chi connectivity index (χ0n) is 16.7. The first-order valence-electron chi connectivity index (χ1n) is 10.8. The van der Waals surface area contributed by atoms with Gasteiger partial charge in [-0.3, -0.25) is 0 Å². The second kappa shape index (κ2) is 6.09. The Labute approximate surface area is 154 Å². The second-order valence-electron chi connectivity index (χ2n) is 10.7. The number of allylic oxidation sites excluding steroid dienone is 1. The maximum Gasteiger partial charge on any atom is 0.0620 e. The molecule has 0 radical (unpaired) electrons. The maximum atomic E-state index is 10.6. The van der Waals surface area contributed by atoms with E-state index in [0.29, 0.717) is 17.3 Å². The topological polar surface area (TPSA) is 40.5 Å². The van der Waals surface area contributed by atoms with E-state index in [1.807, 2.05) is 13.8 Å². The van der Waals surface area contributed by atoms with Crippen molar-refractivity contribution < 1.29 is 10.2 Å². The van der Waals surface area contributed by atoms with E-state index in [9.17, 15) is 10.2 Å². The highest BCUT2D eigenvalue weighted by Crippen LogP contribution is 2.65. The van der Waals surface area contributed by atoms with Gasteiger partial charge in [-0.1, -0.05) is 25.5 Å². The molecule has 2 nitrogen and oxygen atoms in total. The van der Waals surface area contributed by atoms with Crippen LogP contribution in [0, 0.1) is 40.9 Å². The maximum absolute atomic E-state index is 10.6. The van der Waals surface area contributed by atoms with Gasteiger partial charge < -0.3 is 10.2 Å². The summed E-state index contributed by atoms with van der Waals surface area (Å²) >= 11 is 0. The van der Waals surface area contributed by atoms with Gasteiger partial charge >= 0.3 is 0 Å². The van der Waals surface area contributed by atoms with Crippen LogP contribution in [0.1, 0.15) is 79.1 Å². The quantitative estimate of drug-likeness (QED) is 0.695. The highest BCUT2D eigenvalue weighted by molar-refractivity contribution is 5.20. The van der Waals surface area contributed by atoms with E-state index in [0.717, 1.165) is 36.5 Å². The first kappa shape index (κ1) is 18.0. The van der Waals surface area contributed by atoms with Crippen molar-refractivity contribution in [3.05, 3.63) is 11.6 Å². The molecule has 0 aromatic heterocycles. The molecule has 0 amide bonds. The summed E-state index contributed by atoms with van der Waals surface area (Å²) in [6.07, 6.45) is 12.2. The number of aliphatic hydroxyl groups is 2. The average molecular weight is 347 g/mol. The van der Waals surface area contributed by atoms with Gasteiger partial charge in [-0.2, -0.15) is 0 Å². The van der Waals surface area contributed by atoms with Gasteiger partial charge in [-0.25, -0.2) is 0 Å². The summed E-state index contributed by atoms with van der Waals surface area (Å²) in [6.45, 7) is 8.84. The third-order valence-corrected chi connectivity index (χ3v) is 9.21. The Balaban J connectivity index is 1.58. The summed E-state index contributed by atoms with van der Waals surface area (Å²) in [5.41, 5.74) is 1.43. The molecule has 142 valence electrons. The molecule has 4 aliphatic carbocycles. The molecule has 2 heteroatoms. The van der Waals surface area contributed by atoms with Crippen LogP contribution < -0.4 is 0 Å². The number of rotatable bonds is 2. The van der Waals surface area contributed by atoms with E-state index in [1.54, 1.807) is 5.57 Å². The molecule has 4 rings (SSSR count). The van der Waals surface area contributed by atoms with Crippen molar-refractivity contribution in [1.82, 2.24) is 0 Å². The van der Waals surface area contributed by atoms with Gasteiger partial charge in [0.25, 0.3) is 0 Å². The Morgan fingerprint density at radius 2 is 1.88 bits per heavy atom. The van der Waals surface area contributed by atoms with Crippen LogP contribution in [0.4, 0.5) is 0 Å². The Kier molecular flexibility index (Phi) is 4.40. The number of aliphatic hydroxyl groups excluding tert-OH is 1. The fourth-order valence-electron chi connectivity index (χ4n) is 7.60. The first-order valence-corrected chi connectivity index (χ1v) is 10.8. The Morgan fingerprint density at radius 3 is 2.60 bits per heavy atom. The predicted octanol–water partition coefficient (Wildman–Crippen LogP) is 4.94. The summed E-state index contributed by atoms with van der Waals surface area (Å²) in [7, 11) is 0. The van der Waals surface area contributed by atoms with Crippen molar-refractivity contribution in [3.8, 4) is 0 Å². The van der Waals surface area contributed by atoms with Crippen molar-refractivity contribution in [2.75, 3.05) is 0 Å². The zero-order valence-corrected chi connectivity index (χ0v) is 16.7. The standard InChI is InChI=1S/C23H38O2/c1-14(22(2,3)25)20-9-10-21-19-7-5-15-13-16(24)6-8-17(15)18(19)11-12-23(20,21)4/h5,14,16-21,24-25H,6-13H2,1-4H3. The van der Waals surface area contributed by atoms with Gasteiger partial charge in [0, 0.05) is 0 Å². The lowest BCUT2D eigenvalue weighted by Crippen LogP contribution is -2.49. The molecule has 3 fully saturated rings. The average Bonchev–Trinajstić information content (AvgIpc) is 2.89. The second-order valence-corrected chi connectivity index (χ2v) is 10.7. The van der Waals surface area contributed by atoms with Crippen LogP contribution in [-0.2, 0) is 0 Å². The molecule has 0 heterocycles. The molecule has 0 bridgehead atoms. The molecular formula is C23H38O2. The molecule has 8 unspecified atom stereocenters. The molecule has 0 saturated heterocycles. The number of hydrogen-bond donors (Lipinski definition) is 2. The van der Waals surface area contributed by atoms with Crippen LogP contribution in [0.5, 0.6) is 0 Å². The molecule has 0 spiro atoms. The minimum atomic E-state index is -0.571. The minimum Gasteiger partial charge on any atom is -0.393 e. The van der Waals surface area contributed by atoms with Crippen LogP contribution in [0.3, 0.4) is 0 Å². The summed E-state index contributed by atoms with van der Waals surface area (Å²) in [5.74, 6) is 4.35. The number of hydrogen-bond acceptors (Lipinski definition) is 2. The van der Waals surface area contributed by atoms with Crippen LogP contribution >= 0.6 is 0 Å². The molecule has 0 aromatic rings. The molecule has 2 N–H and O–H groups in total. The van der Waals surface area contributed by atoms with Crippen molar-refractivity contribution in [2.45, 2.75) is 90.8 Å². The minimum absolute atomic E-state index is 0.0867. The van der Waals surface area contributed by atoms with Crippen LogP contribution in [0.25, 0.3) is 0 Å². The first-order chi connectivity index (χ1) is 11.7. The van der Waals surface area contributed by atoms with E-state index in [-0.39, 0.29) is 6.10 Å². The summed E-state index contributed by atoms with van der Waals surface area (Å²) in [5, 5.41) is 20.7. The Bertz CT molecular complexity index is 545. The molecule has 0 aliphatic heterocycles. The van der Waals surface area contributed by atoms with Crippen molar-refractivity contribution >= 4 is 0 Å². The molecule has 25 heavy (non-hydrogen) atoms. The normalized spacial score (nSPS) is 48.2. The Morgan fingerprint density at radius 1 is 1.12 bits per heavy atom. The van der Waals surface area contributed by atoms with E-state index >= 15 is 0 Å². The van der Waals surface area contributed by atoms with E-state index in [4.69, 9.17) is 0 Å². The summed E-state index contributed by atoms with van der Waals surface area (Å²) in [6, 6.07) is 0. The lowest BCUT2D eigenvalue weighted by atomic mass is 9.50. The highest BCUT2D eigenvalue weighted by Gasteiger charge is 2.57.